The lowest BCUT2D eigenvalue weighted by atomic mass is 9.33. The SMILES string of the molecule is C=C(C)[C@@H]1CC[C@]2(NCCN3CCOCC3)CC[C@]3(C)[C@H](CC[C@@H]4[C@@]5(C)CC=C(C6=CC[C@](CF)(C(=O)O)CC6)C(C)(C)[C@@H]5CC[C@]43C)C12. The zero-order valence-electron chi connectivity index (χ0n) is 31.8. The van der Waals surface area contributed by atoms with Gasteiger partial charge in [-0.05, 0) is 146 Å². The third kappa shape index (κ3) is 5.33. The van der Waals surface area contributed by atoms with E-state index in [4.69, 9.17) is 4.74 Å². The molecular weight excluding hydrogens is 611 g/mol. The number of morpholine rings is 1. The Morgan fingerprint density at radius 1 is 0.959 bits per heavy atom. The first-order chi connectivity index (χ1) is 23.2. The molecule has 7 aliphatic rings. The van der Waals surface area contributed by atoms with Crippen molar-refractivity contribution in [3.05, 3.63) is 35.5 Å². The van der Waals surface area contributed by atoms with Crippen molar-refractivity contribution in [3.63, 3.8) is 0 Å². The molecule has 2 N–H and O–H groups in total. The molecule has 10 atom stereocenters. The Kier molecular flexibility index (Phi) is 9.21. The molecule has 1 aliphatic heterocycles. The molecule has 6 heteroatoms. The van der Waals surface area contributed by atoms with Crippen LogP contribution < -0.4 is 5.32 Å². The number of aliphatic carboxylic acids is 1. The number of carboxylic acid groups (broad SMARTS) is 1. The number of allylic oxidation sites excluding steroid dienone is 5. The Morgan fingerprint density at radius 3 is 2.37 bits per heavy atom. The van der Waals surface area contributed by atoms with Crippen LogP contribution >= 0.6 is 0 Å². The van der Waals surface area contributed by atoms with Gasteiger partial charge in [-0.3, -0.25) is 9.69 Å². The van der Waals surface area contributed by atoms with E-state index in [-0.39, 0.29) is 16.4 Å². The number of hydrogen-bond acceptors (Lipinski definition) is 4. The van der Waals surface area contributed by atoms with Crippen LogP contribution in [-0.2, 0) is 9.53 Å². The topological polar surface area (TPSA) is 61.8 Å². The van der Waals surface area contributed by atoms with Gasteiger partial charge in [-0.1, -0.05) is 58.9 Å². The number of hydrogen-bond donors (Lipinski definition) is 2. The van der Waals surface area contributed by atoms with E-state index in [9.17, 15) is 14.3 Å². The van der Waals surface area contributed by atoms with Gasteiger partial charge in [-0.15, -0.1) is 0 Å². The molecule has 1 saturated heterocycles. The Bertz CT molecular complexity index is 1380. The molecule has 0 aromatic heterocycles. The van der Waals surface area contributed by atoms with Crippen molar-refractivity contribution in [3.8, 4) is 0 Å². The van der Waals surface area contributed by atoms with Crippen molar-refractivity contribution in [2.45, 2.75) is 124 Å². The van der Waals surface area contributed by atoms with E-state index in [1.165, 1.54) is 68.1 Å². The summed E-state index contributed by atoms with van der Waals surface area (Å²) in [4.78, 5) is 14.6. The minimum Gasteiger partial charge on any atom is -0.481 e. The quantitative estimate of drug-likeness (QED) is 0.251. The van der Waals surface area contributed by atoms with E-state index < -0.39 is 18.1 Å². The summed E-state index contributed by atoms with van der Waals surface area (Å²) in [7, 11) is 0. The lowest BCUT2D eigenvalue weighted by Gasteiger charge is -2.72. The van der Waals surface area contributed by atoms with Crippen LogP contribution in [0.4, 0.5) is 4.39 Å². The first-order valence-corrected chi connectivity index (χ1v) is 20.1. The predicted octanol–water partition coefficient (Wildman–Crippen LogP) is 9.01. The number of halogens is 1. The first kappa shape index (κ1) is 35.9. The average molecular weight is 679 g/mol. The molecular formula is C43H67FN2O3. The number of rotatable bonds is 8. The molecule has 5 nitrogen and oxygen atoms in total. The van der Waals surface area contributed by atoms with Gasteiger partial charge >= 0.3 is 5.97 Å². The zero-order valence-corrected chi connectivity index (χ0v) is 31.8. The molecule has 0 bridgehead atoms. The van der Waals surface area contributed by atoms with E-state index in [0.717, 1.165) is 51.7 Å². The molecule has 6 aliphatic carbocycles. The van der Waals surface area contributed by atoms with Gasteiger partial charge < -0.3 is 15.2 Å². The highest BCUT2D eigenvalue weighted by molar-refractivity contribution is 5.75. The Hall–Kier alpha value is -1.50. The molecule has 5 fully saturated rings. The molecule has 49 heavy (non-hydrogen) atoms. The van der Waals surface area contributed by atoms with Crippen molar-refractivity contribution in [1.82, 2.24) is 10.2 Å². The lowest BCUT2D eigenvalue weighted by molar-refractivity contribution is -0.221. The third-order valence-electron chi connectivity index (χ3n) is 17.3. The fraction of sp³-hybridized carbons (Fsp3) is 0.837. The summed E-state index contributed by atoms with van der Waals surface area (Å²) >= 11 is 0. The number of alkyl halides is 1. The summed E-state index contributed by atoms with van der Waals surface area (Å²) in [6.07, 6.45) is 17.5. The highest BCUT2D eigenvalue weighted by Gasteiger charge is 2.70. The van der Waals surface area contributed by atoms with Crippen LogP contribution in [-0.4, -0.2) is 67.6 Å². The number of carbonyl (C=O) groups is 1. The summed E-state index contributed by atoms with van der Waals surface area (Å²) in [5, 5.41) is 14.1. The van der Waals surface area contributed by atoms with Crippen LogP contribution in [0.15, 0.2) is 35.5 Å². The van der Waals surface area contributed by atoms with Crippen LogP contribution in [0.1, 0.15) is 119 Å². The number of fused-ring (bicyclic) bond motifs is 7. The van der Waals surface area contributed by atoms with E-state index in [1.807, 2.05) is 0 Å². The molecule has 0 aromatic rings. The number of ether oxygens (including phenoxy) is 1. The van der Waals surface area contributed by atoms with Crippen LogP contribution in [0.3, 0.4) is 0 Å². The zero-order chi connectivity index (χ0) is 35.0. The maximum absolute atomic E-state index is 14.0. The van der Waals surface area contributed by atoms with Gasteiger partial charge in [0.25, 0.3) is 0 Å². The second-order valence-electron chi connectivity index (χ2n) is 19.4. The van der Waals surface area contributed by atoms with Crippen molar-refractivity contribution in [1.29, 1.82) is 0 Å². The van der Waals surface area contributed by atoms with Gasteiger partial charge in [-0.2, -0.15) is 0 Å². The Labute approximate surface area is 297 Å². The van der Waals surface area contributed by atoms with Crippen LogP contribution in [0.2, 0.25) is 0 Å². The Morgan fingerprint density at radius 2 is 1.71 bits per heavy atom. The maximum atomic E-state index is 14.0. The Balaban J connectivity index is 1.15. The van der Waals surface area contributed by atoms with E-state index in [1.54, 1.807) is 0 Å². The first-order valence-electron chi connectivity index (χ1n) is 20.1. The van der Waals surface area contributed by atoms with E-state index in [0.29, 0.717) is 53.8 Å². The largest absolute Gasteiger partial charge is 0.481 e. The van der Waals surface area contributed by atoms with Gasteiger partial charge in [0.2, 0.25) is 0 Å². The minimum absolute atomic E-state index is 0.0134. The molecule has 7 rings (SSSR count). The highest BCUT2D eigenvalue weighted by atomic mass is 19.1. The molecule has 0 radical (unpaired) electrons. The van der Waals surface area contributed by atoms with Gasteiger partial charge in [0.15, 0.2) is 0 Å². The lowest BCUT2D eigenvalue weighted by Crippen LogP contribution is -2.68. The van der Waals surface area contributed by atoms with Crippen LogP contribution in [0.5, 0.6) is 0 Å². The van der Waals surface area contributed by atoms with Crippen molar-refractivity contribution in [2.24, 2.45) is 56.7 Å². The third-order valence-corrected chi connectivity index (χ3v) is 17.3. The summed E-state index contributed by atoms with van der Waals surface area (Å²) < 4.78 is 19.6. The second-order valence-corrected chi connectivity index (χ2v) is 19.4. The average Bonchev–Trinajstić information content (AvgIpc) is 3.45. The number of carboxylic acids is 1. The van der Waals surface area contributed by atoms with E-state index >= 15 is 0 Å². The number of nitrogens with zero attached hydrogens (tertiary/aromatic N) is 1. The smallest absolute Gasteiger partial charge is 0.312 e. The van der Waals surface area contributed by atoms with Crippen LogP contribution in [0, 0.1) is 56.7 Å². The second kappa shape index (κ2) is 12.6. The number of nitrogens with one attached hydrogen (secondary N) is 1. The van der Waals surface area contributed by atoms with Gasteiger partial charge in [0.1, 0.15) is 6.67 Å². The van der Waals surface area contributed by atoms with Crippen molar-refractivity contribution >= 4 is 5.97 Å². The molecule has 0 amide bonds. The molecule has 1 unspecified atom stereocenters. The molecule has 0 aromatic carbocycles. The van der Waals surface area contributed by atoms with Crippen molar-refractivity contribution in [2.75, 3.05) is 46.1 Å². The van der Waals surface area contributed by atoms with E-state index in [2.05, 4.69) is 70.5 Å². The fourth-order valence-corrected chi connectivity index (χ4v) is 14.4. The fourth-order valence-electron chi connectivity index (χ4n) is 14.4. The summed E-state index contributed by atoms with van der Waals surface area (Å²) in [5.41, 5.74) is 3.99. The molecule has 4 saturated carbocycles. The van der Waals surface area contributed by atoms with Gasteiger partial charge in [0.05, 0.1) is 18.6 Å². The normalized spacial score (nSPS) is 46.4. The van der Waals surface area contributed by atoms with Gasteiger partial charge in [-0.25, -0.2) is 4.39 Å². The predicted molar refractivity (Wildman–Crippen MR) is 196 cm³/mol. The summed E-state index contributed by atoms with van der Waals surface area (Å²) in [6.45, 7) is 25.3. The standard InChI is InChI=1S/C43H67FN2O3/c1-29(2)31-12-19-43(45-22-23-46-24-26-49-27-25-46)21-20-40(6)33(36(31)43)8-9-35-39(5)15-13-32(38(3,4)34(39)14-16-41(35,40)7)30-10-17-42(28-44,18-11-30)37(47)48/h10,13,31,33-36,45H,1,8-9,11-12,14-28H2,2-7H3,(H,47,48)/t31-,33+,34-,35+,36?,39-,40+,41+,42-,43-/m0/s1. The maximum Gasteiger partial charge on any atom is 0.312 e. The molecule has 0 spiro atoms. The monoisotopic (exact) mass is 679 g/mol. The minimum atomic E-state index is -1.24. The highest BCUT2D eigenvalue weighted by Crippen LogP contribution is 2.76. The molecule has 1 heterocycles. The van der Waals surface area contributed by atoms with Gasteiger partial charge in [0, 0.05) is 31.7 Å². The molecule has 274 valence electrons. The van der Waals surface area contributed by atoms with Crippen LogP contribution in [0.25, 0.3) is 0 Å². The summed E-state index contributed by atoms with van der Waals surface area (Å²) in [5.74, 6) is 2.31. The summed E-state index contributed by atoms with van der Waals surface area (Å²) in [6, 6.07) is 0. The van der Waals surface area contributed by atoms with Crippen molar-refractivity contribution < 1.29 is 19.0 Å².